The van der Waals surface area contributed by atoms with E-state index in [0.29, 0.717) is 18.1 Å². The van der Waals surface area contributed by atoms with Crippen molar-refractivity contribution in [2.24, 2.45) is 0 Å². The Hall–Kier alpha value is -0.0800. The minimum Gasteiger partial charge on any atom is -0.309 e. The van der Waals surface area contributed by atoms with Gasteiger partial charge in [0.1, 0.15) is 0 Å². The van der Waals surface area contributed by atoms with Gasteiger partial charge in [-0.1, -0.05) is 0 Å². The van der Waals surface area contributed by atoms with Crippen LogP contribution in [0.5, 0.6) is 0 Å². The van der Waals surface area contributed by atoms with E-state index in [1.807, 2.05) is 0 Å². The third-order valence-corrected chi connectivity index (χ3v) is 2.53. The molecule has 0 radical (unpaired) electrons. The molecule has 60 valence electrons. The summed E-state index contributed by atoms with van der Waals surface area (Å²) in [7, 11) is 2.19. The first-order valence-corrected chi connectivity index (χ1v) is 4.07. The summed E-state index contributed by atoms with van der Waals surface area (Å²) in [5.74, 6) is 0. The molecule has 0 aromatic rings. The lowest BCUT2D eigenvalue weighted by molar-refractivity contribution is 0.141. The van der Waals surface area contributed by atoms with Crippen molar-refractivity contribution in [3.63, 3.8) is 0 Å². The fourth-order valence-electron chi connectivity index (χ4n) is 1.62. The smallest absolute Gasteiger partial charge is 0.0216 e. The van der Waals surface area contributed by atoms with Gasteiger partial charge in [-0.2, -0.15) is 0 Å². The third-order valence-electron chi connectivity index (χ3n) is 2.53. The van der Waals surface area contributed by atoms with E-state index in [1.54, 1.807) is 0 Å². The molecule has 2 nitrogen and oxygen atoms in total. The molecule has 0 unspecified atom stereocenters. The van der Waals surface area contributed by atoms with Crippen LogP contribution in [-0.2, 0) is 0 Å². The van der Waals surface area contributed by atoms with Crippen LogP contribution >= 0.6 is 0 Å². The van der Waals surface area contributed by atoms with Gasteiger partial charge in [0.05, 0.1) is 0 Å². The lowest BCUT2D eigenvalue weighted by Crippen LogP contribution is -2.57. The van der Waals surface area contributed by atoms with Crippen molar-refractivity contribution < 1.29 is 0 Å². The predicted molar refractivity (Wildman–Crippen MR) is 44.2 cm³/mol. The summed E-state index contributed by atoms with van der Waals surface area (Å²) in [5.41, 5.74) is 0. The Morgan fingerprint density at radius 2 is 1.90 bits per heavy atom. The zero-order valence-electron chi connectivity index (χ0n) is 7.39. The van der Waals surface area contributed by atoms with Crippen LogP contribution in [0.3, 0.4) is 0 Å². The Kier molecular flexibility index (Phi) is 2.32. The SMILES string of the molecule is C[C@@H]1N[C@@H](C)CN(C)[C@@H]1C. The predicted octanol–water partition coefficient (Wildman–Crippen LogP) is 0.687. The topological polar surface area (TPSA) is 15.3 Å². The van der Waals surface area contributed by atoms with E-state index in [-0.39, 0.29) is 0 Å². The average Bonchev–Trinajstić information content (AvgIpc) is 1.82. The first-order valence-electron chi connectivity index (χ1n) is 4.07. The normalized spacial score (nSPS) is 43.8. The van der Waals surface area contributed by atoms with Gasteiger partial charge in [-0.05, 0) is 27.8 Å². The maximum Gasteiger partial charge on any atom is 0.0216 e. The van der Waals surface area contributed by atoms with Crippen LogP contribution in [0.25, 0.3) is 0 Å². The number of nitrogens with one attached hydrogen (secondary N) is 1. The van der Waals surface area contributed by atoms with E-state index in [0.717, 1.165) is 0 Å². The van der Waals surface area contributed by atoms with Crippen molar-refractivity contribution in [2.45, 2.75) is 38.9 Å². The molecular weight excluding hydrogens is 124 g/mol. The average molecular weight is 142 g/mol. The van der Waals surface area contributed by atoms with E-state index < -0.39 is 0 Å². The Morgan fingerprint density at radius 3 is 2.40 bits per heavy atom. The highest BCUT2D eigenvalue weighted by atomic mass is 15.2. The first kappa shape index (κ1) is 8.02. The molecule has 1 aliphatic rings. The second-order valence-corrected chi connectivity index (χ2v) is 3.54. The summed E-state index contributed by atoms with van der Waals surface area (Å²) >= 11 is 0. The van der Waals surface area contributed by atoms with Gasteiger partial charge in [0.15, 0.2) is 0 Å². The highest BCUT2D eigenvalue weighted by Gasteiger charge is 2.24. The van der Waals surface area contributed by atoms with Crippen LogP contribution in [0.4, 0.5) is 0 Å². The molecular formula is C8H18N2. The Balaban J connectivity index is 2.49. The van der Waals surface area contributed by atoms with Crippen molar-refractivity contribution in [3.8, 4) is 0 Å². The van der Waals surface area contributed by atoms with Gasteiger partial charge in [-0.15, -0.1) is 0 Å². The van der Waals surface area contributed by atoms with E-state index in [2.05, 4.69) is 38.0 Å². The van der Waals surface area contributed by atoms with Crippen LogP contribution < -0.4 is 5.32 Å². The van der Waals surface area contributed by atoms with E-state index in [4.69, 9.17) is 0 Å². The quantitative estimate of drug-likeness (QED) is 0.535. The number of hydrogen-bond donors (Lipinski definition) is 1. The second kappa shape index (κ2) is 2.89. The van der Waals surface area contributed by atoms with Gasteiger partial charge >= 0.3 is 0 Å². The maximum atomic E-state index is 3.52. The van der Waals surface area contributed by atoms with Gasteiger partial charge in [-0.3, -0.25) is 0 Å². The Bertz CT molecular complexity index is 102. The van der Waals surface area contributed by atoms with Crippen LogP contribution in [0.15, 0.2) is 0 Å². The minimum atomic E-state index is 0.633. The maximum absolute atomic E-state index is 3.52. The molecule has 1 N–H and O–H groups in total. The zero-order valence-corrected chi connectivity index (χ0v) is 7.39. The van der Waals surface area contributed by atoms with E-state index >= 15 is 0 Å². The first-order chi connectivity index (χ1) is 4.61. The molecule has 1 aliphatic heterocycles. The lowest BCUT2D eigenvalue weighted by atomic mass is 10.1. The molecule has 0 spiro atoms. The van der Waals surface area contributed by atoms with Gasteiger partial charge in [0, 0.05) is 24.7 Å². The van der Waals surface area contributed by atoms with Crippen molar-refractivity contribution in [2.75, 3.05) is 13.6 Å². The van der Waals surface area contributed by atoms with Gasteiger partial charge < -0.3 is 10.2 Å². The van der Waals surface area contributed by atoms with Crippen LogP contribution in [0, 0.1) is 0 Å². The summed E-state index contributed by atoms with van der Waals surface area (Å²) in [6.07, 6.45) is 0. The number of likely N-dealkylation sites (N-methyl/N-ethyl adjacent to an activating group) is 1. The summed E-state index contributed by atoms with van der Waals surface area (Å²) < 4.78 is 0. The second-order valence-electron chi connectivity index (χ2n) is 3.54. The van der Waals surface area contributed by atoms with Crippen molar-refractivity contribution in [3.05, 3.63) is 0 Å². The molecule has 3 atom stereocenters. The van der Waals surface area contributed by atoms with Crippen LogP contribution in [-0.4, -0.2) is 36.6 Å². The number of piperazine rings is 1. The molecule has 1 fully saturated rings. The van der Waals surface area contributed by atoms with Crippen LogP contribution in [0.1, 0.15) is 20.8 Å². The zero-order chi connectivity index (χ0) is 7.72. The molecule has 2 heteroatoms. The molecule has 1 rings (SSSR count). The Morgan fingerprint density at radius 1 is 1.30 bits per heavy atom. The highest BCUT2D eigenvalue weighted by Crippen LogP contribution is 2.08. The monoisotopic (exact) mass is 142 g/mol. The largest absolute Gasteiger partial charge is 0.309 e. The molecule has 0 saturated carbocycles. The summed E-state index contributed by atoms with van der Waals surface area (Å²) in [5, 5.41) is 3.52. The molecule has 0 aromatic heterocycles. The third kappa shape index (κ3) is 1.50. The molecule has 10 heavy (non-hydrogen) atoms. The number of nitrogens with zero attached hydrogens (tertiary/aromatic N) is 1. The highest BCUT2D eigenvalue weighted by molar-refractivity contribution is 4.85. The minimum absolute atomic E-state index is 0.633. The summed E-state index contributed by atoms with van der Waals surface area (Å²) in [4.78, 5) is 2.41. The standard InChI is InChI=1S/C8H18N2/c1-6-5-10(4)8(3)7(2)9-6/h6-9H,5H2,1-4H3/t6-,7-,8+/m0/s1. The molecule has 0 aromatic carbocycles. The molecule has 0 amide bonds. The van der Waals surface area contributed by atoms with E-state index in [9.17, 15) is 0 Å². The Labute approximate surface area is 63.6 Å². The fourth-order valence-corrected chi connectivity index (χ4v) is 1.62. The van der Waals surface area contributed by atoms with Crippen molar-refractivity contribution in [1.29, 1.82) is 0 Å². The van der Waals surface area contributed by atoms with Crippen molar-refractivity contribution in [1.82, 2.24) is 10.2 Å². The van der Waals surface area contributed by atoms with Gasteiger partial charge in [0.2, 0.25) is 0 Å². The summed E-state index contributed by atoms with van der Waals surface area (Å²) in [6.45, 7) is 7.92. The lowest BCUT2D eigenvalue weighted by Gasteiger charge is -2.39. The molecule has 1 heterocycles. The van der Waals surface area contributed by atoms with E-state index in [1.165, 1.54) is 6.54 Å². The molecule has 1 saturated heterocycles. The number of rotatable bonds is 0. The van der Waals surface area contributed by atoms with Gasteiger partial charge in [0.25, 0.3) is 0 Å². The van der Waals surface area contributed by atoms with Crippen molar-refractivity contribution >= 4 is 0 Å². The van der Waals surface area contributed by atoms with Crippen LogP contribution in [0.2, 0.25) is 0 Å². The fraction of sp³-hybridized carbons (Fsp3) is 1.00. The van der Waals surface area contributed by atoms with Gasteiger partial charge in [-0.25, -0.2) is 0 Å². The number of hydrogen-bond acceptors (Lipinski definition) is 2. The molecule has 0 bridgehead atoms. The summed E-state index contributed by atoms with van der Waals surface area (Å²) in [6, 6.07) is 1.96. The molecule has 0 aliphatic carbocycles.